The van der Waals surface area contributed by atoms with Gasteiger partial charge in [0.05, 0.1) is 22.5 Å². The van der Waals surface area contributed by atoms with Crippen molar-refractivity contribution in [2.24, 2.45) is 0 Å². The van der Waals surface area contributed by atoms with Crippen molar-refractivity contribution in [2.45, 2.75) is 12.8 Å². The van der Waals surface area contributed by atoms with E-state index in [0.29, 0.717) is 32.7 Å². The lowest BCUT2D eigenvalue weighted by molar-refractivity contribution is -0.121. The number of fused-ring (bicyclic) bond motifs is 1. The number of rotatable bonds is 4. The molecule has 9 heteroatoms. The summed E-state index contributed by atoms with van der Waals surface area (Å²) < 4.78 is 6.00. The fourth-order valence-electron chi connectivity index (χ4n) is 2.97. The van der Waals surface area contributed by atoms with Gasteiger partial charge >= 0.3 is 0 Å². The zero-order valence-corrected chi connectivity index (χ0v) is 16.3. The van der Waals surface area contributed by atoms with Crippen molar-refractivity contribution in [3.05, 3.63) is 47.0 Å². The van der Waals surface area contributed by atoms with Crippen LogP contribution >= 0.6 is 22.9 Å². The minimum atomic E-state index is -0.361. The molecule has 1 aliphatic rings. The first kappa shape index (κ1) is 18.4. The Morgan fingerprint density at radius 1 is 1.14 bits per heavy atom. The summed E-state index contributed by atoms with van der Waals surface area (Å²) in [6.07, 6.45) is 0.426. The first-order valence-corrected chi connectivity index (χ1v) is 9.57. The highest BCUT2D eigenvalue weighted by Crippen LogP contribution is 2.37. The van der Waals surface area contributed by atoms with Crippen LogP contribution in [0.3, 0.4) is 0 Å². The summed E-state index contributed by atoms with van der Waals surface area (Å²) in [5, 5.41) is 3.65. The average molecular weight is 416 g/mol. The van der Waals surface area contributed by atoms with Gasteiger partial charge in [0.25, 0.3) is 5.91 Å². The Balaban J connectivity index is 1.55. The summed E-state index contributed by atoms with van der Waals surface area (Å²) in [6, 6.07) is 9.71. The number of hydrogen-bond acceptors (Lipinski definition) is 6. The number of thiazole rings is 1. The number of amides is 3. The molecule has 0 spiro atoms. The second-order valence-electron chi connectivity index (χ2n) is 6.07. The molecule has 0 bridgehead atoms. The van der Waals surface area contributed by atoms with Gasteiger partial charge in [-0.05, 0) is 36.4 Å². The Labute approximate surface area is 168 Å². The van der Waals surface area contributed by atoms with Gasteiger partial charge in [0.1, 0.15) is 11.3 Å². The van der Waals surface area contributed by atoms with Gasteiger partial charge in [-0.25, -0.2) is 4.98 Å². The molecule has 1 fully saturated rings. The Bertz CT molecular complexity index is 1090. The lowest BCUT2D eigenvalue weighted by atomic mass is 10.2. The molecule has 142 valence electrons. The number of aromatic nitrogens is 1. The second-order valence-corrected chi connectivity index (χ2v) is 7.48. The molecule has 1 saturated heterocycles. The second kappa shape index (κ2) is 7.21. The van der Waals surface area contributed by atoms with Crippen LogP contribution in [0, 0.1) is 0 Å². The molecule has 0 atom stereocenters. The Hall–Kier alpha value is -2.97. The van der Waals surface area contributed by atoms with Crippen LogP contribution in [0.2, 0.25) is 5.02 Å². The van der Waals surface area contributed by atoms with E-state index in [1.165, 1.54) is 18.4 Å². The number of imide groups is 1. The van der Waals surface area contributed by atoms with E-state index in [4.69, 9.17) is 16.3 Å². The number of nitrogens with one attached hydrogen (secondary N) is 1. The summed E-state index contributed by atoms with van der Waals surface area (Å²) >= 11 is 7.45. The van der Waals surface area contributed by atoms with Crippen LogP contribution in [0.4, 0.5) is 10.8 Å². The molecule has 3 amide bonds. The monoisotopic (exact) mass is 415 g/mol. The molecule has 0 saturated carbocycles. The summed E-state index contributed by atoms with van der Waals surface area (Å²) in [5.74, 6) is -0.259. The lowest BCUT2D eigenvalue weighted by Crippen LogP contribution is -2.28. The van der Waals surface area contributed by atoms with E-state index in [1.54, 1.807) is 36.4 Å². The highest BCUT2D eigenvalue weighted by Gasteiger charge is 2.30. The number of nitrogens with zero attached hydrogens (tertiary/aromatic N) is 2. The van der Waals surface area contributed by atoms with Crippen molar-refractivity contribution < 1.29 is 19.1 Å². The first-order valence-electron chi connectivity index (χ1n) is 8.38. The molecule has 7 nitrogen and oxygen atoms in total. The summed E-state index contributed by atoms with van der Waals surface area (Å²) in [4.78, 5) is 41.7. The molecule has 4 rings (SSSR count). The predicted molar refractivity (Wildman–Crippen MR) is 107 cm³/mol. The van der Waals surface area contributed by atoms with Crippen molar-refractivity contribution in [3.8, 4) is 5.75 Å². The number of ether oxygens (including phenoxy) is 1. The van der Waals surface area contributed by atoms with E-state index in [9.17, 15) is 14.4 Å². The van der Waals surface area contributed by atoms with Crippen LogP contribution in [0.1, 0.15) is 23.2 Å². The molecule has 1 aliphatic heterocycles. The van der Waals surface area contributed by atoms with Crippen molar-refractivity contribution in [2.75, 3.05) is 17.3 Å². The third-order valence-corrected chi connectivity index (χ3v) is 5.77. The van der Waals surface area contributed by atoms with Gasteiger partial charge in [-0.1, -0.05) is 22.9 Å². The quantitative estimate of drug-likeness (QED) is 0.653. The highest BCUT2D eigenvalue weighted by molar-refractivity contribution is 7.23. The zero-order chi connectivity index (χ0) is 19.8. The van der Waals surface area contributed by atoms with Crippen molar-refractivity contribution in [3.63, 3.8) is 0 Å². The van der Waals surface area contributed by atoms with Gasteiger partial charge in [-0.15, -0.1) is 0 Å². The fourth-order valence-corrected chi connectivity index (χ4v) is 4.12. The smallest absolute Gasteiger partial charge is 0.257 e. The molecule has 2 aromatic carbocycles. The van der Waals surface area contributed by atoms with Crippen LogP contribution in [-0.4, -0.2) is 29.8 Å². The van der Waals surface area contributed by atoms with E-state index in [-0.39, 0.29) is 30.6 Å². The van der Waals surface area contributed by atoms with Gasteiger partial charge < -0.3 is 4.74 Å². The first-order chi connectivity index (χ1) is 13.5. The van der Waals surface area contributed by atoms with Gasteiger partial charge in [-0.3, -0.25) is 24.6 Å². The van der Waals surface area contributed by atoms with Crippen molar-refractivity contribution in [1.82, 2.24) is 4.98 Å². The normalized spacial score (nSPS) is 14.0. The molecule has 0 radical (unpaired) electrons. The lowest BCUT2D eigenvalue weighted by Gasteiger charge is -2.13. The molecular formula is C19H14ClN3O4S. The van der Waals surface area contributed by atoms with E-state index >= 15 is 0 Å². The molecule has 2 heterocycles. The van der Waals surface area contributed by atoms with Crippen LogP contribution in [-0.2, 0) is 9.59 Å². The number of carbonyl (C=O) groups excluding carboxylic acids is 3. The van der Waals surface area contributed by atoms with Crippen molar-refractivity contribution >= 4 is 61.7 Å². The minimum Gasteiger partial charge on any atom is -0.494 e. The molecule has 28 heavy (non-hydrogen) atoms. The number of anilines is 2. The van der Waals surface area contributed by atoms with Gasteiger partial charge in [0.15, 0.2) is 5.13 Å². The molecule has 0 aliphatic carbocycles. The zero-order valence-electron chi connectivity index (χ0n) is 14.7. The summed E-state index contributed by atoms with van der Waals surface area (Å²) in [5.41, 5.74) is 1.41. The Morgan fingerprint density at radius 3 is 2.46 bits per heavy atom. The molecule has 3 aromatic rings. The van der Waals surface area contributed by atoms with E-state index in [1.807, 2.05) is 0 Å². The fraction of sp³-hybridized carbons (Fsp3) is 0.158. The molecular weight excluding hydrogens is 402 g/mol. The highest BCUT2D eigenvalue weighted by atomic mass is 35.5. The van der Waals surface area contributed by atoms with Gasteiger partial charge in [0, 0.05) is 18.4 Å². The minimum absolute atomic E-state index is 0.213. The third kappa shape index (κ3) is 3.21. The third-order valence-electron chi connectivity index (χ3n) is 4.34. The Kier molecular flexibility index (Phi) is 4.74. The standard InChI is InChI=1S/C19H14ClN3O4S/c1-27-13-7-6-12(20)17-16(13)21-19(28-17)22-18(26)10-2-4-11(5-3-10)23-14(24)8-9-15(23)25/h2-7H,8-9H2,1H3,(H,21,22,26). The Morgan fingerprint density at radius 2 is 1.82 bits per heavy atom. The van der Waals surface area contributed by atoms with Crippen LogP contribution in [0.25, 0.3) is 10.2 Å². The predicted octanol–water partition coefficient (Wildman–Crippen LogP) is 3.86. The van der Waals surface area contributed by atoms with Crippen LogP contribution in [0.5, 0.6) is 5.75 Å². The van der Waals surface area contributed by atoms with E-state index in [2.05, 4.69) is 10.3 Å². The maximum atomic E-state index is 12.5. The number of carbonyl (C=O) groups is 3. The molecule has 1 aromatic heterocycles. The SMILES string of the molecule is COc1ccc(Cl)c2sc(NC(=O)c3ccc(N4C(=O)CCC4=O)cc3)nc12. The van der Waals surface area contributed by atoms with Crippen molar-refractivity contribution in [1.29, 1.82) is 0 Å². The summed E-state index contributed by atoms with van der Waals surface area (Å²) in [6.45, 7) is 0. The number of methoxy groups -OCH3 is 1. The number of hydrogen-bond donors (Lipinski definition) is 1. The number of halogens is 1. The van der Waals surface area contributed by atoms with Crippen LogP contribution in [0.15, 0.2) is 36.4 Å². The maximum absolute atomic E-state index is 12.5. The van der Waals surface area contributed by atoms with Gasteiger partial charge in [-0.2, -0.15) is 0 Å². The number of benzene rings is 2. The molecule has 0 unspecified atom stereocenters. The molecule has 1 N–H and O–H groups in total. The largest absolute Gasteiger partial charge is 0.494 e. The van der Waals surface area contributed by atoms with Crippen LogP contribution < -0.4 is 15.0 Å². The topological polar surface area (TPSA) is 88.6 Å². The average Bonchev–Trinajstić information content (AvgIpc) is 3.26. The maximum Gasteiger partial charge on any atom is 0.257 e. The summed E-state index contributed by atoms with van der Waals surface area (Å²) in [7, 11) is 1.54. The van der Waals surface area contributed by atoms with Gasteiger partial charge in [0.2, 0.25) is 11.8 Å². The van der Waals surface area contributed by atoms with E-state index < -0.39 is 0 Å². The van der Waals surface area contributed by atoms with E-state index in [0.717, 1.165) is 9.60 Å².